The minimum atomic E-state index is -0.308. The van der Waals surface area contributed by atoms with E-state index in [1.54, 1.807) is 29.3 Å². The Kier molecular flexibility index (Phi) is 8.33. The number of aromatic nitrogens is 1. The second-order valence-corrected chi connectivity index (χ2v) is 9.85. The second kappa shape index (κ2) is 11.6. The van der Waals surface area contributed by atoms with Gasteiger partial charge in [0.1, 0.15) is 11.5 Å². The highest BCUT2D eigenvalue weighted by atomic mass is 32.1. The molecule has 0 radical (unpaired) electrons. The zero-order valence-electron chi connectivity index (χ0n) is 19.9. The molecule has 4 rings (SSSR count). The summed E-state index contributed by atoms with van der Waals surface area (Å²) in [6.45, 7) is 4.55. The van der Waals surface area contributed by atoms with Crippen molar-refractivity contribution in [3.8, 4) is 0 Å². The molecule has 3 amide bonds. The molecule has 0 spiro atoms. The van der Waals surface area contributed by atoms with Gasteiger partial charge in [0.2, 0.25) is 5.91 Å². The van der Waals surface area contributed by atoms with Crippen molar-refractivity contribution in [1.29, 1.82) is 0 Å². The van der Waals surface area contributed by atoms with Gasteiger partial charge in [0.15, 0.2) is 0 Å². The maximum atomic E-state index is 13.1. The maximum absolute atomic E-state index is 13.1. The fourth-order valence-corrected chi connectivity index (χ4v) is 5.50. The lowest BCUT2D eigenvalue weighted by molar-refractivity contribution is -0.131. The van der Waals surface area contributed by atoms with Gasteiger partial charge >= 0.3 is 6.09 Å². The minimum absolute atomic E-state index is 0.00804. The van der Waals surface area contributed by atoms with Crippen molar-refractivity contribution in [2.45, 2.75) is 51.0 Å². The summed E-state index contributed by atoms with van der Waals surface area (Å²) >= 11 is 1.49. The van der Waals surface area contributed by atoms with Gasteiger partial charge in [0, 0.05) is 43.5 Å². The smallest absolute Gasteiger partial charge is 0.409 e. The number of benzene rings is 1. The summed E-state index contributed by atoms with van der Waals surface area (Å²) in [6, 6.07) is 6.04. The SMILES string of the molecule is CCOC(=O)N1CCC(NC(=O)c2csc(C3CCN(C(=O)Cc4ccc(F)cc4)CC3)n2)CC1. The number of ether oxygens (including phenoxy) is 1. The molecule has 0 bridgehead atoms. The molecule has 2 aliphatic heterocycles. The number of amides is 3. The Balaban J connectivity index is 1.22. The van der Waals surface area contributed by atoms with E-state index in [-0.39, 0.29) is 42.1 Å². The summed E-state index contributed by atoms with van der Waals surface area (Å²) in [5, 5.41) is 5.77. The summed E-state index contributed by atoms with van der Waals surface area (Å²) in [5.41, 5.74) is 1.23. The topological polar surface area (TPSA) is 91.8 Å². The third-order valence-corrected chi connectivity index (χ3v) is 7.58. The van der Waals surface area contributed by atoms with E-state index in [0.29, 0.717) is 51.3 Å². The first-order chi connectivity index (χ1) is 16.9. The summed E-state index contributed by atoms with van der Waals surface area (Å²) in [4.78, 5) is 45.3. The molecule has 0 unspecified atom stereocenters. The molecule has 0 atom stereocenters. The third-order valence-electron chi connectivity index (χ3n) is 6.58. The molecule has 1 N–H and O–H groups in total. The molecule has 0 aliphatic carbocycles. The number of hydrogen-bond acceptors (Lipinski definition) is 6. The average Bonchev–Trinajstić information content (AvgIpc) is 3.37. The van der Waals surface area contributed by atoms with Crippen LogP contribution in [0.1, 0.15) is 59.6 Å². The van der Waals surface area contributed by atoms with Crippen LogP contribution in [-0.2, 0) is 16.0 Å². The number of likely N-dealkylation sites (tertiary alicyclic amines) is 2. The number of halogens is 1. The maximum Gasteiger partial charge on any atom is 0.409 e. The Morgan fingerprint density at radius 2 is 1.71 bits per heavy atom. The molecule has 8 nitrogen and oxygen atoms in total. The first-order valence-corrected chi connectivity index (χ1v) is 13.0. The van der Waals surface area contributed by atoms with Crippen molar-refractivity contribution in [3.05, 3.63) is 51.7 Å². The van der Waals surface area contributed by atoms with Crippen molar-refractivity contribution in [3.63, 3.8) is 0 Å². The van der Waals surface area contributed by atoms with Crippen molar-refractivity contribution < 1.29 is 23.5 Å². The highest BCUT2D eigenvalue weighted by Gasteiger charge is 2.28. The summed E-state index contributed by atoms with van der Waals surface area (Å²) < 4.78 is 18.1. The number of nitrogens with zero attached hydrogens (tertiary/aromatic N) is 3. The largest absolute Gasteiger partial charge is 0.450 e. The van der Waals surface area contributed by atoms with Crippen LogP contribution in [0.25, 0.3) is 0 Å². The summed E-state index contributed by atoms with van der Waals surface area (Å²) in [7, 11) is 0. The van der Waals surface area contributed by atoms with Gasteiger partial charge in [-0.15, -0.1) is 11.3 Å². The van der Waals surface area contributed by atoms with E-state index in [0.717, 1.165) is 23.4 Å². The van der Waals surface area contributed by atoms with Crippen LogP contribution in [0.15, 0.2) is 29.6 Å². The molecular weight excluding hydrogens is 471 g/mol. The van der Waals surface area contributed by atoms with E-state index < -0.39 is 0 Å². The molecule has 10 heteroatoms. The van der Waals surface area contributed by atoms with Gasteiger partial charge in [-0.2, -0.15) is 0 Å². The van der Waals surface area contributed by atoms with E-state index in [9.17, 15) is 18.8 Å². The lowest BCUT2D eigenvalue weighted by Crippen LogP contribution is -2.46. The van der Waals surface area contributed by atoms with Crippen molar-refractivity contribution in [2.24, 2.45) is 0 Å². The van der Waals surface area contributed by atoms with Crippen LogP contribution in [-0.4, -0.2) is 71.5 Å². The van der Waals surface area contributed by atoms with Crippen molar-refractivity contribution in [1.82, 2.24) is 20.1 Å². The molecule has 1 aromatic carbocycles. The van der Waals surface area contributed by atoms with Crippen LogP contribution in [0.5, 0.6) is 0 Å². The standard InChI is InChI=1S/C25H31FN4O4S/c1-2-34-25(33)30-13-9-20(10-14-30)27-23(32)21-16-35-24(28-21)18-7-11-29(12-8-18)22(31)15-17-3-5-19(26)6-4-17/h3-6,16,18,20H,2,7-15H2,1H3,(H,27,32). The van der Waals surface area contributed by atoms with Crippen LogP contribution < -0.4 is 5.32 Å². The molecule has 2 fully saturated rings. The van der Waals surface area contributed by atoms with E-state index in [2.05, 4.69) is 10.3 Å². The van der Waals surface area contributed by atoms with Gasteiger partial charge in [0.25, 0.3) is 5.91 Å². The molecule has 0 saturated carbocycles. The Labute approximate surface area is 208 Å². The van der Waals surface area contributed by atoms with E-state index in [4.69, 9.17) is 4.74 Å². The van der Waals surface area contributed by atoms with Gasteiger partial charge < -0.3 is 19.9 Å². The highest BCUT2D eigenvalue weighted by molar-refractivity contribution is 7.09. The molecule has 3 heterocycles. The number of rotatable bonds is 6. The first-order valence-electron chi connectivity index (χ1n) is 12.1. The lowest BCUT2D eigenvalue weighted by Gasteiger charge is -2.31. The first kappa shape index (κ1) is 25.1. The van der Waals surface area contributed by atoms with Crippen LogP contribution in [0.4, 0.5) is 9.18 Å². The molecule has 1 aromatic heterocycles. The van der Waals surface area contributed by atoms with E-state index >= 15 is 0 Å². The molecule has 2 saturated heterocycles. The molecule has 2 aromatic rings. The zero-order chi connectivity index (χ0) is 24.8. The molecule has 35 heavy (non-hydrogen) atoms. The molecule has 188 valence electrons. The number of carbonyl (C=O) groups is 3. The van der Waals surface area contributed by atoms with Crippen LogP contribution in [0.3, 0.4) is 0 Å². The average molecular weight is 503 g/mol. The fourth-order valence-electron chi connectivity index (χ4n) is 4.52. The number of nitrogens with one attached hydrogen (secondary N) is 1. The predicted octanol–water partition coefficient (Wildman–Crippen LogP) is 3.58. The third kappa shape index (κ3) is 6.56. The predicted molar refractivity (Wildman–Crippen MR) is 130 cm³/mol. The minimum Gasteiger partial charge on any atom is -0.450 e. The van der Waals surface area contributed by atoms with Gasteiger partial charge in [-0.25, -0.2) is 14.2 Å². The van der Waals surface area contributed by atoms with Gasteiger partial charge in [-0.05, 0) is 50.3 Å². The van der Waals surface area contributed by atoms with Crippen LogP contribution in [0, 0.1) is 5.82 Å². The fraction of sp³-hybridized carbons (Fsp3) is 0.520. The molecule has 2 aliphatic rings. The van der Waals surface area contributed by atoms with Crippen molar-refractivity contribution in [2.75, 3.05) is 32.8 Å². The molecular formula is C25H31FN4O4S. The highest BCUT2D eigenvalue weighted by Crippen LogP contribution is 2.30. The van der Waals surface area contributed by atoms with Gasteiger partial charge in [-0.3, -0.25) is 9.59 Å². The zero-order valence-corrected chi connectivity index (χ0v) is 20.7. The lowest BCUT2D eigenvalue weighted by atomic mass is 9.97. The number of carbonyl (C=O) groups excluding carboxylic acids is 3. The van der Waals surface area contributed by atoms with Crippen LogP contribution >= 0.6 is 11.3 Å². The summed E-state index contributed by atoms with van der Waals surface area (Å²) in [6.07, 6.45) is 2.94. The Bertz CT molecular complexity index is 1030. The number of hydrogen-bond donors (Lipinski definition) is 1. The van der Waals surface area contributed by atoms with Crippen LogP contribution in [0.2, 0.25) is 0 Å². The number of piperidine rings is 2. The Morgan fingerprint density at radius 1 is 1.06 bits per heavy atom. The quantitative estimate of drug-likeness (QED) is 0.652. The van der Waals surface area contributed by atoms with E-state index in [1.165, 1.54) is 23.5 Å². The normalized spacial score (nSPS) is 17.3. The van der Waals surface area contributed by atoms with Gasteiger partial charge in [0.05, 0.1) is 18.0 Å². The van der Waals surface area contributed by atoms with E-state index in [1.807, 2.05) is 4.90 Å². The summed E-state index contributed by atoms with van der Waals surface area (Å²) in [5.74, 6) is -0.223. The Morgan fingerprint density at radius 3 is 2.37 bits per heavy atom. The second-order valence-electron chi connectivity index (χ2n) is 8.96. The van der Waals surface area contributed by atoms with Crippen molar-refractivity contribution >= 4 is 29.2 Å². The Hall–Kier alpha value is -3.01. The number of thiazole rings is 1. The monoisotopic (exact) mass is 502 g/mol. The van der Waals surface area contributed by atoms with Gasteiger partial charge in [-0.1, -0.05) is 12.1 Å².